The van der Waals surface area contributed by atoms with Gasteiger partial charge in [0.2, 0.25) is 0 Å². The maximum Gasteiger partial charge on any atom is 0.156 e. The van der Waals surface area contributed by atoms with Crippen LogP contribution in [-0.2, 0) is 15.4 Å². The smallest absolute Gasteiger partial charge is 0.156 e. The van der Waals surface area contributed by atoms with Gasteiger partial charge in [0.1, 0.15) is 10.3 Å². The summed E-state index contributed by atoms with van der Waals surface area (Å²) in [5.41, 5.74) is 6.60. The van der Waals surface area contributed by atoms with Gasteiger partial charge in [-0.25, -0.2) is 13.4 Å². The number of thiazole rings is 1. The Hall–Kier alpha value is -0.460. The van der Waals surface area contributed by atoms with Crippen molar-refractivity contribution in [1.82, 2.24) is 4.98 Å². The van der Waals surface area contributed by atoms with Crippen molar-refractivity contribution < 1.29 is 8.42 Å². The third kappa shape index (κ3) is 3.05. The zero-order chi connectivity index (χ0) is 13.3. The van der Waals surface area contributed by atoms with Crippen molar-refractivity contribution in [2.45, 2.75) is 44.4 Å². The lowest BCUT2D eigenvalue weighted by Gasteiger charge is -2.24. The van der Waals surface area contributed by atoms with E-state index >= 15 is 0 Å². The van der Waals surface area contributed by atoms with Crippen molar-refractivity contribution in [3.63, 3.8) is 0 Å². The van der Waals surface area contributed by atoms with E-state index in [1.807, 2.05) is 19.2 Å². The van der Waals surface area contributed by atoms with Crippen LogP contribution in [-0.4, -0.2) is 19.7 Å². The normalized spacial score (nSPS) is 14.9. The van der Waals surface area contributed by atoms with Crippen LogP contribution >= 0.6 is 11.3 Å². The Morgan fingerprint density at radius 3 is 2.41 bits per heavy atom. The van der Waals surface area contributed by atoms with Crippen LogP contribution in [0.1, 0.15) is 49.6 Å². The van der Waals surface area contributed by atoms with Gasteiger partial charge in [0.15, 0.2) is 9.84 Å². The lowest BCUT2D eigenvalue weighted by Crippen LogP contribution is -2.35. The first-order valence-electron chi connectivity index (χ1n) is 5.68. The van der Waals surface area contributed by atoms with E-state index in [2.05, 4.69) is 4.98 Å². The summed E-state index contributed by atoms with van der Waals surface area (Å²) in [6.07, 6.45) is 2.81. The summed E-state index contributed by atoms with van der Waals surface area (Å²) in [4.78, 5) is 4.40. The van der Waals surface area contributed by atoms with Crippen LogP contribution in [0.25, 0.3) is 0 Å². The topological polar surface area (TPSA) is 73.1 Å². The monoisotopic (exact) mass is 276 g/mol. The van der Waals surface area contributed by atoms with Gasteiger partial charge in [-0.2, -0.15) is 0 Å². The molecule has 17 heavy (non-hydrogen) atoms. The number of rotatable bonds is 5. The summed E-state index contributed by atoms with van der Waals surface area (Å²) in [7, 11) is -3.09. The van der Waals surface area contributed by atoms with Crippen LogP contribution < -0.4 is 5.73 Å². The molecule has 1 rings (SSSR count). The number of hydrogen-bond acceptors (Lipinski definition) is 5. The van der Waals surface area contributed by atoms with E-state index in [0.717, 1.165) is 18.5 Å². The lowest BCUT2D eigenvalue weighted by atomic mass is 9.91. The largest absolute Gasteiger partial charge is 0.320 e. The summed E-state index contributed by atoms with van der Waals surface area (Å²) in [5, 5.41) is 1.95. The molecule has 0 amide bonds. The maximum absolute atomic E-state index is 11.5. The summed E-state index contributed by atoms with van der Waals surface area (Å²) < 4.78 is 22.9. The molecule has 0 saturated heterocycles. The minimum absolute atomic E-state index is 0.439. The fourth-order valence-electron chi connectivity index (χ4n) is 1.50. The SMILES string of the molecule is CCC(N)(CC)c1csc(C(C)S(C)(=O)=O)n1. The molecule has 6 heteroatoms. The molecular formula is C11H20N2O2S2. The number of sulfone groups is 1. The predicted octanol–water partition coefficient (Wildman–Crippen LogP) is 2.22. The lowest BCUT2D eigenvalue weighted by molar-refractivity contribution is 0.402. The zero-order valence-electron chi connectivity index (χ0n) is 10.7. The van der Waals surface area contributed by atoms with Gasteiger partial charge in [0.05, 0.1) is 11.2 Å². The van der Waals surface area contributed by atoms with Crippen molar-refractivity contribution in [3.8, 4) is 0 Å². The Balaban J connectivity index is 3.08. The van der Waals surface area contributed by atoms with Gasteiger partial charge in [0.25, 0.3) is 0 Å². The van der Waals surface area contributed by atoms with E-state index in [4.69, 9.17) is 5.73 Å². The van der Waals surface area contributed by atoms with Crippen LogP contribution in [0.4, 0.5) is 0 Å². The number of nitrogens with zero attached hydrogens (tertiary/aromatic N) is 1. The molecule has 0 bridgehead atoms. The molecule has 98 valence electrons. The molecule has 0 aromatic carbocycles. The van der Waals surface area contributed by atoms with Crippen molar-refractivity contribution >= 4 is 21.2 Å². The molecule has 2 N–H and O–H groups in total. The number of hydrogen-bond donors (Lipinski definition) is 1. The van der Waals surface area contributed by atoms with E-state index in [9.17, 15) is 8.42 Å². The van der Waals surface area contributed by atoms with Gasteiger partial charge in [-0.1, -0.05) is 13.8 Å². The molecule has 0 aliphatic heterocycles. The summed E-state index contributed by atoms with van der Waals surface area (Å²) in [6, 6.07) is 0. The molecule has 0 spiro atoms. The Morgan fingerprint density at radius 2 is 2.00 bits per heavy atom. The van der Waals surface area contributed by atoms with Gasteiger partial charge < -0.3 is 5.73 Å². The highest BCUT2D eigenvalue weighted by Gasteiger charge is 2.28. The molecule has 0 aliphatic rings. The second-order valence-corrected chi connectivity index (χ2v) is 7.66. The standard InChI is InChI=1S/C11H20N2O2S2/c1-5-11(12,6-2)9-7-16-10(13-9)8(3)17(4,14)15/h7-8H,5-6,12H2,1-4H3. The molecule has 1 aromatic heterocycles. The number of aromatic nitrogens is 1. The predicted molar refractivity (Wildman–Crippen MR) is 71.8 cm³/mol. The third-order valence-electron chi connectivity index (χ3n) is 3.28. The summed E-state index contributed by atoms with van der Waals surface area (Å²) in [5.74, 6) is 0. The fraction of sp³-hybridized carbons (Fsp3) is 0.727. The van der Waals surface area contributed by atoms with Gasteiger partial charge in [0, 0.05) is 11.6 Å². The molecule has 1 aromatic rings. The molecule has 0 saturated carbocycles. The molecule has 1 unspecified atom stereocenters. The van der Waals surface area contributed by atoms with Gasteiger partial charge in [-0.05, 0) is 19.8 Å². The Bertz CT molecular complexity index is 475. The molecule has 0 radical (unpaired) electrons. The molecule has 4 nitrogen and oxygen atoms in total. The zero-order valence-corrected chi connectivity index (χ0v) is 12.4. The molecule has 1 heterocycles. The first kappa shape index (κ1) is 14.6. The van der Waals surface area contributed by atoms with Crippen molar-refractivity contribution in [3.05, 3.63) is 16.1 Å². The van der Waals surface area contributed by atoms with Gasteiger partial charge >= 0.3 is 0 Å². The van der Waals surface area contributed by atoms with Gasteiger partial charge in [-0.15, -0.1) is 11.3 Å². The highest BCUT2D eigenvalue weighted by Crippen LogP contribution is 2.31. The van der Waals surface area contributed by atoms with E-state index in [1.54, 1.807) is 6.92 Å². The average Bonchev–Trinajstić information content (AvgIpc) is 2.75. The highest BCUT2D eigenvalue weighted by molar-refractivity contribution is 7.91. The van der Waals surface area contributed by atoms with Gasteiger partial charge in [-0.3, -0.25) is 0 Å². The second kappa shape index (κ2) is 5.04. The quantitative estimate of drug-likeness (QED) is 0.895. The minimum Gasteiger partial charge on any atom is -0.320 e. The Kier molecular flexibility index (Phi) is 4.33. The van der Waals surface area contributed by atoms with E-state index < -0.39 is 20.6 Å². The highest BCUT2D eigenvalue weighted by atomic mass is 32.2. The fourth-order valence-corrected chi connectivity index (χ4v) is 3.47. The first-order chi connectivity index (χ1) is 7.74. The second-order valence-electron chi connectivity index (χ2n) is 4.41. The van der Waals surface area contributed by atoms with Crippen LogP contribution in [0.5, 0.6) is 0 Å². The maximum atomic E-state index is 11.5. The van der Waals surface area contributed by atoms with Crippen LogP contribution in [0.3, 0.4) is 0 Å². The van der Waals surface area contributed by atoms with Crippen molar-refractivity contribution in [2.75, 3.05) is 6.26 Å². The van der Waals surface area contributed by atoms with Crippen molar-refractivity contribution in [2.24, 2.45) is 5.73 Å². The first-order valence-corrected chi connectivity index (χ1v) is 8.51. The van der Waals surface area contributed by atoms with E-state index in [-0.39, 0.29) is 0 Å². The minimum atomic E-state index is -3.09. The Morgan fingerprint density at radius 1 is 1.47 bits per heavy atom. The van der Waals surface area contributed by atoms with Crippen LogP contribution in [0, 0.1) is 0 Å². The molecule has 0 fully saturated rings. The number of nitrogens with two attached hydrogens (primary N) is 1. The summed E-state index contributed by atoms with van der Waals surface area (Å²) >= 11 is 1.37. The summed E-state index contributed by atoms with van der Waals surface area (Å²) in [6.45, 7) is 5.69. The van der Waals surface area contributed by atoms with E-state index in [0.29, 0.717) is 5.01 Å². The van der Waals surface area contributed by atoms with Crippen molar-refractivity contribution in [1.29, 1.82) is 0 Å². The Labute approximate surface area is 107 Å². The van der Waals surface area contributed by atoms with Crippen LogP contribution in [0.2, 0.25) is 0 Å². The molecule has 1 atom stereocenters. The van der Waals surface area contributed by atoms with Crippen LogP contribution in [0.15, 0.2) is 5.38 Å². The average molecular weight is 276 g/mol. The molecular weight excluding hydrogens is 256 g/mol. The molecule has 0 aliphatic carbocycles. The van der Waals surface area contributed by atoms with E-state index in [1.165, 1.54) is 17.6 Å². The third-order valence-corrected chi connectivity index (χ3v) is 5.97.